The highest BCUT2D eigenvalue weighted by Gasteiger charge is 2.08. The third-order valence-electron chi connectivity index (χ3n) is 0.893. The van der Waals surface area contributed by atoms with Gasteiger partial charge in [0.05, 0.1) is 0 Å². The molecule has 0 aromatic heterocycles. The molecule has 9 heavy (non-hydrogen) atoms. The number of rotatable bonds is 0. The first kappa shape index (κ1) is 5.99. The van der Waals surface area contributed by atoms with E-state index >= 15 is 0 Å². The van der Waals surface area contributed by atoms with Crippen molar-refractivity contribution in [3.63, 3.8) is 0 Å². The van der Waals surface area contributed by atoms with Crippen LogP contribution in [-0.2, 0) is 0 Å². The summed E-state index contributed by atoms with van der Waals surface area (Å²) in [5.41, 5.74) is 10.5. The van der Waals surface area contributed by atoms with E-state index in [2.05, 4.69) is 9.98 Å². The van der Waals surface area contributed by atoms with E-state index in [0.29, 0.717) is 0 Å². The standard InChI is InChI=1S/C3H8N6/c4-2-7-1-9(6)3(5)8-2/h1,3H,5-6H2,(H2,4,8). The predicted octanol–water partition coefficient (Wildman–Crippen LogP) is -2.24. The maximum atomic E-state index is 5.31. The Kier molecular flexibility index (Phi) is 1.33. The van der Waals surface area contributed by atoms with E-state index in [4.69, 9.17) is 17.3 Å². The molecule has 1 unspecified atom stereocenters. The van der Waals surface area contributed by atoms with Crippen molar-refractivity contribution in [2.75, 3.05) is 0 Å². The number of guanidine groups is 1. The maximum absolute atomic E-state index is 5.31. The van der Waals surface area contributed by atoms with Crippen molar-refractivity contribution < 1.29 is 0 Å². The molecule has 1 rings (SSSR count). The summed E-state index contributed by atoms with van der Waals surface area (Å²) in [7, 11) is 0. The zero-order chi connectivity index (χ0) is 6.85. The lowest BCUT2D eigenvalue weighted by Gasteiger charge is -2.19. The zero-order valence-corrected chi connectivity index (χ0v) is 4.73. The molecule has 0 fully saturated rings. The third-order valence-corrected chi connectivity index (χ3v) is 0.893. The molecule has 6 heteroatoms. The van der Waals surface area contributed by atoms with Crippen LogP contribution in [0.15, 0.2) is 9.98 Å². The van der Waals surface area contributed by atoms with Gasteiger partial charge in [-0.05, 0) is 0 Å². The second-order valence-corrected chi connectivity index (χ2v) is 1.59. The van der Waals surface area contributed by atoms with Crippen LogP contribution < -0.4 is 17.3 Å². The number of hydrazine groups is 1. The van der Waals surface area contributed by atoms with Crippen LogP contribution in [-0.4, -0.2) is 23.6 Å². The molecule has 0 radical (unpaired) electrons. The Hall–Kier alpha value is -1.14. The molecule has 0 spiro atoms. The highest BCUT2D eigenvalue weighted by Crippen LogP contribution is 1.89. The Morgan fingerprint density at radius 3 is 2.78 bits per heavy atom. The fourth-order valence-electron chi connectivity index (χ4n) is 0.430. The van der Waals surface area contributed by atoms with Gasteiger partial charge in [0, 0.05) is 0 Å². The number of nitrogens with two attached hydrogens (primary N) is 3. The van der Waals surface area contributed by atoms with Crippen LogP contribution in [0.5, 0.6) is 0 Å². The monoisotopic (exact) mass is 128 g/mol. The Labute approximate surface area is 52.0 Å². The Morgan fingerprint density at radius 2 is 2.33 bits per heavy atom. The summed E-state index contributed by atoms with van der Waals surface area (Å²) in [4.78, 5) is 7.22. The Bertz CT molecular complexity index is 160. The van der Waals surface area contributed by atoms with Crippen molar-refractivity contribution in [2.45, 2.75) is 6.29 Å². The van der Waals surface area contributed by atoms with Crippen LogP contribution >= 0.6 is 0 Å². The van der Waals surface area contributed by atoms with Crippen LogP contribution in [0.4, 0.5) is 0 Å². The highest BCUT2D eigenvalue weighted by molar-refractivity contribution is 5.87. The van der Waals surface area contributed by atoms with Gasteiger partial charge < -0.3 is 5.73 Å². The summed E-state index contributed by atoms with van der Waals surface area (Å²) < 4.78 is 0. The summed E-state index contributed by atoms with van der Waals surface area (Å²) in [5, 5.41) is 1.16. The predicted molar refractivity (Wildman–Crippen MR) is 34.1 cm³/mol. The molecule has 0 aromatic rings. The van der Waals surface area contributed by atoms with E-state index in [1.807, 2.05) is 0 Å². The van der Waals surface area contributed by atoms with Gasteiger partial charge in [-0.15, -0.1) is 0 Å². The molecule has 1 aliphatic heterocycles. The average Bonchev–Trinajstić information content (AvgIpc) is 1.80. The molecule has 0 amide bonds. The van der Waals surface area contributed by atoms with Gasteiger partial charge in [-0.2, -0.15) is 0 Å². The van der Waals surface area contributed by atoms with Gasteiger partial charge in [0.15, 0.2) is 6.29 Å². The van der Waals surface area contributed by atoms with E-state index < -0.39 is 6.29 Å². The fourth-order valence-corrected chi connectivity index (χ4v) is 0.430. The second kappa shape index (κ2) is 2.00. The van der Waals surface area contributed by atoms with Gasteiger partial charge in [0.25, 0.3) is 0 Å². The van der Waals surface area contributed by atoms with Gasteiger partial charge >= 0.3 is 0 Å². The first-order chi connectivity index (χ1) is 4.20. The SMILES string of the molecule is NC1=NC(N)N(N)C=N1. The molecule has 50 valence electrons. The summed E-state index contributed by atoms with van der Waals surface area (Å²) >= 11 is 0. The van der Waals surface area contributed by atoms with Crippen molar-refractivity contribution >= 4 is 12.3 Å². The normalized spacial score (nSPS) is 26.2. The molecule has 6 N–H and O–H groups in total. The third kappa shape index (κ3) is 1.15. The minimum Gasteiger partial charge on any atom is -0.368 e. The Balaban J connectivity index is 2.70. The number of aliphatic imine (C=N–C) groups is 2. The largest absolute Gasteiger partial charge is 0.368 e. The summed E-state index contributed by atoms with van der Waals surface area (Å²) in [6.07, 6.45) is 0.731. The topological polar surface area (TPSA) is 106 Å². The summed E-state index contributed by atoms with van der Waals surface area (Å²) in [6, 6.07) is 0. The first-order valence-electron chi connectivity index (χ1n) is 2.36. The van der Waals surface area contributed by atoms with Crippen LogP contribution in [0.2, 0.25) is 0 Å². The lowest BCUT2D eigenvalue weighted by molar-refractivity contribution is 0.343. The quantitative estimate of drug-likeness (QED) is 0.321. The summed E-state index contributed by atoms with van der Waals surface area (Å²) in [6.45, 7) is 0. The van der Waals surface area contributed by atoms with Crippen molar-refractivity contribution in [3.05, 3.63) is 0 Å². The Morgan fingerprint density at radius 1 is 1.67 bits per heavy atom. The maximum Gasteiger partial charge on any atom is 0.220 e. The minimum absolute atomic E-state index is 0.157. The van der Waals surface area contributed by atoms with Crippen LogP contribution in [0.25, 0.3) is 0 Å². The first-order valence-corrected chi connectivity index (χ1v) is 2.36. The van der Waals surface area contributed by atoms with Gasteiger partial charge in [-0.3, -0.25) is 10.7 Å². The molecule has 1 atom stereocenters. The van der Waals surface area contributed by atoms with Crippen LogP contribution in [0, 0.1) is 0 Å². The molecule has 0 aromatic carbocycles. The van der Waals surface area contributed by atoms with Crippen LogP contribution in [0.1, 0.15) is 0 Å². The smallest absolute Gasteiger partial charge is 0.220 e. The molecule has 6 nitrogen and oxygen atoms in total. The van der Waals surface area contributed by atoms with Gasteiger partial charge in [-0.25, -0.2) is 15.8 Å². The van der Waals surface area contributed by atoms with Crippen LogP contribution in [0.3, 0.4) is 0 Å². The van der Waals surface area contributed by atoms with E-state index in [1.165, 1.54) is 6.34 Å². The lowest BCUT2D eigenvalue weighted by atomic mass is 10.7. The van der Waals surface area contributed by atoms with E-state index in [9.17, 15) is 0 Å². The van der Waals surface area contributed by atoms with Gasteiger partial charge in [0.2, 0.25) is 5.96 Å². The van der Waals surface area contributed by atoms with Gasteiger partial charge in [0.1, 0.15) is 6.34 Å². The number of hydrogen-bond acceptors (Lipinski definition) is 6. The summed E-state index contributed by atoms with van der Waals surface area (Å²) in [5.74, 6) is 5.39. The molecule has 1 aliphatic rings. The molecule has 0 saturated heterocycles. The van der Waals surface area contributed by atoms with Gasteiger partial charge in [-0.1, -0.05) is 0 Å². The van der Waals surface area contributed by atoms with Crippen molar-refractivity contribution in [1.29, 1.82) is 0 Å². The van der Waals surface area contributed by atoms with E-state index in [1.54, 1.807) is 0 Å². The number of hydrogen-bond donors (Lipinski definition) is 3. The molecule has 0 saturated carbocycles. The molecular formula is C3H8N6. The van der Waals surface area contributed by atoms with Crippen molar-refractivity contribution in [3.8, 4) is 0 Å². The van der Waals surface area contributed by atoms with Crippen molar-refractivity contribution in [2.24, 2.45) is 27.3 Å². The van der Waals surface area contributed by atoms with Crippen molar-refractivity contribution in [1.82, 2.24) is 5.01 Å². The molecule has 0 aliphatic carbocycles. The van der Waals surface area contributed by atoms with E-state index in [0.717, 1.165) is 5.01 Å². The molecule has 1 heterocycles. The average molecular weight is 128 g/mol. The minimum atomic E-state index is -0.595. The van der Waals surface area contributed by atoms with E-state index in [-0.39, 0.29) is 5.96 Å². The second-order valence-electron chi connectivity index (χ2n) is 1.59. The lowest BCUT2D eigenvalue weighted by Crippen LogP contribution is -2.47. The molecular weight excluding hydrogens is 120 g/mol. The number of nitrogens with zero attached hydrogens (tertiary/aromatic N) is 3. The fraction of sp³-hybridized carbons (Fsp3) is 0.333. The highest BCUT2D eigenvalue weighted by atomic mass is 15.5. The zero-order valence-electron chi connectivity index (χ0n) is 4.73. The molecule has 0 bridgehead atoms.